The predicted octanol–water partition coefficient (Wildman–Crippen LogP) is 6.77. The molecule has 3 fully saturated rings. The van der Waals surface area contributed by atoms with Crippen LogP contribution in [0.3, 0.4) is 0 Å². The van der Waals surface area contributed by atoms with Crippen LogP contribution in [0.5, 0.6) is 0 Å². The summed E-state index contributed by atoms with van der Waals surface area (Å²) >= 11 is 0. The highest BCUT2D eigenvalue weighted by molar-refractivity contribution is 5.80. The Kier molecular flexibility index (Phi) is 9.85. The van der Waals surface area contributed by atoms with E-state index in [-0.39, 0.29) is 37.6 Å². The topological polar surface area (TPSA) is 108 Å². The van der Waals surface area contributed by atoms with Crippen LogP contribution in [0.25, 0.3) is 11.1 Å². The zero-order valence-electron chi connectivity index (χ0n) is 27.8. The third-order valence-corrected chi connectivity index (χ3v) is 10.1. The molecule has 0 spiro atoms. The summed E-state index contributed by atoms with van der Waals surface area (Å²) in [5.74, 6) is -1.27. The highest BCUT2D eigenvalue weighted by Crippen LogP contribution is 2.53. The second-order valence-electron chi connectivity index (χ2n) is 15.0. The molecule has 2 bridgehead atoms. The molecule has 1 amide bonds. The Balaban J connectivity index is 1.20. The minimum atomic E-state index is -0.984. The maximum Gasteiger partial charge on any atom is 0.303 e. The number of carboxylic acid groups (broad SMARTS) is 1. The molecule has 1 saturated carbocycles. The van der Waals surface area contributed by atoms with Gasteiger partial charge in [-0.3, -0.25) is 14.5 Å². The molecule has 3 aromatic rings. The Morgan fingerprint density at radius 1 is 0.894 bits per heavy atom. The molecule has 3 aromatic carbocycles. The molecule has 8 heteroatoms. The summed E-state index contributed by atoms with van der Waals surface area (Å²) < 4.78 is 13.5. The Morgan fingerprint density at radius 3 is 2.38 bits per heavy atom. The van der Waals surface area contributed by atoms with Gasteiger partial charge in [0.2, 0.25) is 5.91 Å². The number of nitrogens with one attached hydrogen (secondary N) is 1. The molecule has 3 N–H and O–H groups in total. The maximum atomic E-state index is 12.1. The van der Waals surface area contributed by atoms with Crippen LogP contribution in [0.4, 0.5) is 0 Å². The third-order valence-electron chi connectivity index (χ3n) is 10.1. The van der Waals surface area contributed by atoms with E-state index in [9.17, 15) is 14.7 Å². The average molecular weight is 641 g/mol. The molecular weight excluding hydrogens is 592 g/mol. The van der Waals surface area contributed by atoms with Crippen LogP contribution in [0, 0.1) is 10.8 Å². The molecule has 2 aliphatic heterocycles. The lowest BCUT2D eigenvalue weighted by Gasteiger charge is -2.41. The van der Waals surface area contributed by atoms with Crippen molar-refractivity contribution in [3.8, 4) is 11.1 Å². The molecule has 250 valence electrons. The summed E-state index contributed by atoms with van der Waals surface area (Å²) in [6.45, 7) is 9.59. The lowest BCUT2D eigenvalue weighted by Crippen LogP contribution is -2.42. The molecule has 6 rings (SSSR count). The number of ether oxygens (including phenoxy) is 2. The number of aliphatic hydroxyl groups excluding tert-OH is 1. The molecule has 0 radical (unpaired) electrons. The zero-order valence-corrected chi connectivity index (χ0v) is 27.8. The van der Waals surface area contributed by atoms with Crippen LogP contribution in [-0.4, -0.2) is 52.2 Å². The SMILES string of the molecule is CC1(C)CC2CC(C)(CN2CC2CC(c3ccc(CO)cc3)OC(c3cccc(-c4cccc(CNC(=O)CCC(=O)O)c4)c3)O2)C1. The summed E-state index contributed by atoms with van der Waals surface area (Å²) in [4.78, 5) is 25.5. The molecule has 47 heavy (non-hydrogen) atoms. The van der Waals surface area contributed by atoms with Crippen LogP contribution >= 0.6 is 0 Å². The number of hydrogen-bond acceptors (Lipinski definition) is 6. The van der Waals surface area contributed by atoms with Gasteiger partial charge in [0.15, 0.2) is 6.29 Å². The number of likely N-dealkylation sites (tertiary alicyclic amines) is 1. The smallest absolute Gasteiger partial charge is 0.303 e. The summed E-state index contributed by atoms with van der Waals surface area (Å²) in [6.07, 6.45) is 3.58. The van der Waals surface area contributed by atoms with E-state index in [2.05, 4.69) is 61.3 Å². The van der Waals surface area contributed by atoms with E-state index in [4.69, 9.17) is 14.6 Å². The van der Waals surface area contributed by atoms with Crippen molar-refractivity contribution >= 4 is 11.9 Å². The zero-order chi connectivity index (χ0) is 33.2. The minimum absolute atomic E-state index is 0.000877. The molecule has 2 saturated heterocycles. The Morgan fingerprint density at radius 2 is 1.64 bits per heavy atom. The van der Waals surface area contributed by atoms with Gasteiger partial charge in [-0.15, -0.1) is 0 Å². The van der Waals surface area contributed by atoms with Gasteiger partial charge in [-0.05, 0) is 70.0 Å². The van der Waals surface area contributed by atoms with Crippen LogP contribution in [0.2, 0.25) is 0 Å². The van der Waals surface area contributed by atoms with Crippen molar-refractivity contribution in [1.29, 1.82) is 0 Å². The lowest BCUT2D eigenvalue weighted by atomic mass is 9.65. The number of hydrogen-bond donors (Lipinski definition) is 3. The second-order valence-corrected chi connectivity index (χ2v) is 15.0. The first kappa shape index (κ1) is 33.3. The number of aliphatic hydroxyl groups is 1. The quantitative estimate of drug-likeness (QED) is 0.212. The number of fused-ring (bicyclic) bond motifs is 2. The van der Waals surface area contributed by atoms with Crippen molar-refractivity contribution in [2.75, 3.05) is 13.1 Å². The van der Waals surface area contributed by atoms with Gasteiger partial charge in [0.05, 0.1) is 25.2 Å². The van der Waals surface area contributed by atoms with Gasteiger partial charge in [-0.25, -0.2) is 0 Å². The molecule has 8 nitrogen and oxygen atoms in total. The highest BCUT2D eigenvalue weighted by Gasteiger charge is 2.50. The molecule has 5 atom stereocenters. The van der Waals surface area contributed by atoms with E-state index >= 15 is 0 Å². The Bertz CT molecular complexity index is 1570. The Labute approximate surface area is 278 Å². The van der Waals surface area contributed by atoms with Crippen molar-refractivity contribution in [3.05, 3.63) is 95.1 Å². The van der Waals surface area contributed by atoms with Crippen molar-refractivity contribution in [1.82, 2.24) is 10.2 Å². The van der Waals surface area contributed by atoms with E-state index in [1.54, 1.807) is 0 Å². The van der Waals surface area contributed by atoms with Crippen LogP contribution in [0.1, 0.15) is 93.9 Å². The van der Waals surface area contributed by atoms with Crippen molar-refractivity contribution in [2.24, 2.45) is 10.8 Å². The number of rotatable bonds is 11. The Hall–Kier alpha value is -3.56. The van der Waals surface area contributed by atoms with Gasteiger partial charge in [-0.2, -0.15) is 0 Å². The molecule has 5 unspecified atom stereocenters. The fourth-order valence-electron chi connectivity index (χ4n) is 8.32. The van der Waals surface area contributed by atoms with E-state index < -0.39 is 12.3 Å². The van der Waals surface area contributed by atoms with E-state index in [1.807, 2.05) is 42.5 Å². The van der Waals surface area contributed by atoms with Gasteiger partial charge < -0.3 is 25.0 Å². The van der Waals surface area contributed by atoms with E-state index in [1.165, 1.54) is 19.3 Å². The largest absolute Gasteiger partial charge is 0.481 e. The lowest BCUT2D eigenvalue weighted by molar-refractivity contribution is -0.253. The van der Waals surface area contributed by atoms with Gasteiger partial charge in [0.1, 0.15) is 0 Å². The predicted molar refractivity (Wildman–Crippen MR) is 180 cm³/mol. The van der Waals surface area contributed by atoms with Crippen molar-refractivity contribution < 1.29 is 29.3 Å². The molecule has 1 aliphatic carbocycles. The summed E-state index contributed by atoms with van der Waals surface area (Å²) in [5.41, 5.74) is 6.57. The minimum Gasteiger partial charge on any atom is -0.481 e. The monoisotopic (exact) mass is 640 g/mol. The normalized spacial score (nSPS) is 27.0. The number of carboxylic acids is 1. The van der Waals surface area contributed by atoms with E-state index in [0.29, 0.717) is 23.4 Å². The standard InChI is InChI=1S/C39H48N2O6/c1-38(2)19-32-20-39(3,24-38)25-41(32)22-33-18-34(28-12-10-26(23-42)11-13-28)47-37(46-33)31-9-5-8-30(17-31)29-7-4-6-27(16-29)21-40-35(43)14-15-36(44)45/h4-13,16-17,32-34,37,42H,14-15,18-25H2,1-3H3,(H,40,43)(H,44,45). The molecular formula is C39H48N2O6. The first-order valence-corrected chi connectivity index (χ1v) is 16.9. The van der Waals surface area contributed by atoms with Crippen molar-refractivity contribution in [2.45, 2.75) is 97.0 Å². The fraction of sp³-hybridized carbons (Fsp3) is 0.487. The maximum absolute atomic E-state index is 12.1. The summed E-state index contributed by atoms with van der Waals surface area (Å²) in [6, 6.07) is 24.9. The second kappa shape index (κ2) is 13.9. The number of carbonyl (C=O) groups is 2. The fourth-order valence-corrected chi connectivity index (χ4v) is 8.32. The number of carbonyl (C=O) groups excluding carboxylic acids is 1. The first-order chi connectivity index (χ1) is 22.5. The van der Waals surface area contributed by atoms with Gasteiger partial charge in [0, 0.05) is 44.1 Å². The van der Waals surface area contributed by atoms with E-state index in [0.717, 1.165) is 52.9 Å². The molecule has 0 aromatic heterocycles. The van der Waals surface area contributed by atoms with Crippen molar-refractivity contribution in [3.63, 3.8) is 0 Å². The third kappa shape index (κ3) is 8.30. The van der Waals surface area contributed by atoms with Crippen LogP contribution in [-0.2, 0) is 32.2 Å². The number of amides is 1. The average Bonchev–Trinajstić information content (AvgIpc) is 3.29. The number of nitrogens with zero attached hydrogens (tertiary/aromatic N) is 1. The van der Waals surface area contributed by atoms with Crippen LogP contribution in [0.15, 0.2) is 72.8 Å². The van der Waals surface area contributed by atoms with Gasteiger partial charge in [0.25, 0.3) is 0 Å². The number of benzene rings is 3. The highest BCUT2D eigenvalue weighted by atomic mass is 16.7. The van der Waals surface area contributed by atoms with Gasteiger partial charge in [-0.1, -0.05) is 81.4 Å². The summed E-state index contributed by atoms with van der Waals surface area (Å²) in [7, 11) is 0. The summed E-state index contributed by atoms with van der Waals surface area (Å²) in [5, 5.41) is 21.3. The van der Waals surface area contributed by atoms with Crippen LogP contribution < -0.4 is 5.32 Å². The first-order valence-electron chi connectivity index (χ1n) is 16.9. The molecule has 2 heterocycles. The molecule has 3 aliphatic rings. The van der Waals surface area contributed by atoms with Gasteiger partial charge >= 0.3 is 5.97 Å². The number of aliphatic carboxylic acids is 1.